The van der Waals surface area contributed by atoms with Gasteiger partial charge in [0.15, 0.2) is 0 Å². The quantitative estimate of drug-likeness (QED) is 0.842. The van der Waals surface area contributed by atoms with Gasteiger partial charge in [-0.25, -0.2) is 9.59 Å². The summed E-state index contributed by atoms with van der Waals surface area (Å²) in [7, 11) is 0. The SMILES string of the molecule is O=C(O)C(=O)C1CCCN1C(=O)OCc1ccccc1. The zero-order valence-electron chi connectivity index (χ0n) is 10.8. The molecule has 2 rings (SSSR count). The maximum Gasteiger partial charge on any atom is 0.410 e. The number of hydrogen-bond acceptors (Lipinski definition) is 4. The van der Waals surface area contributed by atoms with Gasteiger partial charge in [0.25, 0.3) is 5.78 Å². The summed E-state index contributed by atoms with van der Waals surface area (Å²) in [6, 6.07) is 8.24. The molecular weight excluding hydrogens is 262 g/mol. The van der Waals surface area contributed by atoms with Crippen molar-refractivity contribution in [3.8, 4) is 0 Å². The Morgan fingerprint density at radius 2 is 1.95 bits per heavy atom. The van der Waals surface area contributed by atoms with Gasteiger partial charge in [0, 0.05) is 6.54 Å². The van der Waals surface area contributed by atoms with Crippen LogP contribution in [0.25, 0.3) is 0 Å². The number of ether oxygens (including phenoxy) is 1. The third kappa shape index (κ3) is 3.14. The van der Waals surface area contributed by atoms with Gasteiger partial charge in [0.2, 0.25) is 0 Å². The summed E-state index contributed by atoms with van der Waals surface area (Å²) in [6.07, 6.45) is 0.321. The highest BCUT2D eigenvalue weighted by Crippen LogP contribution is 2.19. The summed E-state index contributed by atoms with van der Waals surface area (Å²) in [4.78, 5) is 35.3. The van der Waals surface area contributed by atoms with Crippen LogP contribution < -0.4 is 0 Å². The second-order valence-corrected chi connectivity index (χ2v) is 4.56. The number of aliphatic carboxylic acids is 1. The van der Waals surface area contributed by atoms with Crippen molar-refractivity contribution in [1.29, 1.82) is 0 Å². The molecule has 1 fully saturated rings. The van der Waals surface area contributed by atoms with Crippen molar-refractivity contribution in [2.45, 2.75) is 25.5 Å². The lowest BCUT2D eigenvalue weighted by atomic mass is 10.1. The average Bonchev–Trinajstić information content (AvgIpc) is 2.94. The van der Waals surface area contributed by atoms with E-state index >= 15 is 0 Å². The van der Waals surface area contributed by atoms with Crippen LogP contribution in [0.15, 0.2) is 30.3 Å². The highest BCUT2D eigenvalue weighted by atomic mass is 16.6. The van der Waals surface area contributed by atoms with Crippen molar-refractivity contribution >= 4 is 17.8 Å². The van der Waals surface area contributed by atoms with Gasteiger partial charge in [0.05, 0.1) is 0 Å². The van der Waals surface area contributed by atoms with Crippen molar-refractivity contribution in [1.82, 2.24) is 4.90 Å². The van der Waals surface area contributed by atoms with Gasteiger partial charge in [-0.3, -0.25) is 9.69 Å². The smallest absolute Gasteiger partial charge is 0.410 e. The summed E-state index contributed by atoms with van der Waals surface area (Å²) >= 11 is 0. The molecule has 1 saturated heterocycles. The number of amides is 1. The number of ketones is 1. The molecule has 20 heavy (non-hydrogen) atoms. The lowest BCUT2D eigenvalue weighted by molar-refractivity contribution is -0.151. The fraction of sp³-hybridized carbons (Fsp3) is 0.357. The lowest BCUT2D eigenvalue weighted by Crippen LogP contribution is -2.43. The van der Waals surface area contributed by atoms with Crippen molar-refractivity contribution in [2.24, 2.45) is 0 Å². The molecular formula is C14H15NO5. The van der Waals surface area contributed by atoms with Crippen LogP contribution in [-0.2, 0) is 20.9 Å². The molecule has 1 N–H and O–H groups in total. The first-order valence-corrected chi connectivity index (χ1v) is 6.34. The van der Waals surface area contributed by atoms with Crippen LogP contribution >= 0.6 is 0 Å². The zero-order valence-corrected chi connectivity index (χ0v) is 10.8. The van der Waals surface area contributed by atoms with Crippen molar-refractivity contribution in [2.75, 3.05) is 6.54 Å². The third-order valence-electron chi connectivity index (χ3n) is 3.21. The molecule has 1 atom stereocenters. The Morgan fingerprint density at radius 1 is 1.25 bits per heavy atom. The van der Waals surface area contributed by atoms with E-state index in [2.05, 4.69) is 0 Å². The number of carboxylic acids is 1. The molecule has 0 radical (unpaired) electrons. The first-order chi connectivity index (χ1) is 9.59. The number of carbonyl (C=O) groups excluding carboxylic acids is 2. The van der Waals surface area contributed by atoms with E-state index in [1.54, 1.807) is 0 Å². The van der Waals surface area contributed by atoms with Crippen LogP contribution in [0, 0.1) is 0 Å². The fourth-order valence-electron chi connectivity index (χ4n) is 2.20. The predicted octanol–water partition coefficient (Wildman–Crippen LogP) is 1.44. The van der Waals surface area contributed by atoms with Crippen molar-refractivity contribution in [3.63, 3.8) is 0 Å². The van der Waals surface area contributed by atoms with Crippen LogP contribution in [0.3, 0.4) is 0 Å². The first kappa shape index (κ1) is 14.0. The number of hydrogen-bond donors (Lipinski definition) is 1. The molecule has 1 heterocycles. The maximum atomic E-state index is 11.9. The minimum atomic E-state index is -1.52. The van der Waals surface area contributed by atoms with E-state index in [-0.39, 0.29) is 6.61 Å². The Hall–Kier alpha value is -2.37. The summed E-state index contributed by atoms with van der Waals surface area (Å²) in [5, 5.41) is 8.72. The monoisotopic (exact) mass is 277 g/mol. The zero-order chi connectivity index (χ0) is 14.5. The predicted molar refractivity (Wildman–Crippen MR) is 69.0 cm³/mol. The third-order valence-corrected chi connectivity index (χ3v) is 3.21. The van der Waals surface area contributed by atoms with Crippen LogP contribution in [0.4, 0.5) is 4.79 Å². The molecule has 0 aliphatic carbocycles. The Bertz CT molecular complexity index is 514. The first-order valence-electron chi connectivity index (χ1n) is 6.34. The largest absolute Gasteiger partial charge is 0.475 e. The second-order valence-electron chi connectivity index (χ2n) is 4.56. The van der Waals surface area contributed by atoms with E-state index in [1.807, 2.05) is 30.3 Å². The number of carboxylic acid groups (broad SMARTS) is 1. The van der Waals surface area contributed by atoms with Gasteiger partial charge in [-0.1, -0.05) is 30.3 Å². The molecule has 1 aromatic rings. The van der Waals surface area contributed by atoms with E-state index in [0.29, 0.717) is 19.4 Å². The van der Waals surface area contributed by atoms with E-state index in [4.69, 9.17) is 9.84 Å². The lowest BCUT2D eigenvalue weighted by Gasteiger charge is -2.21. The summed E-state index contributed by atoms with van der Waals surface area (Å²) in [6.45, 7) is 0.446. The minimum Gasteiger partial charge on any atom is -0.475 e. The molecule has 0 saturated carbocycles. The molecule has 1 aromatic carbocycles. The standard InChI is InChI=1S/C14H15NO5/c16-12(13(17)18)11-7-4-8-15(11)14(19)20-9-10-5-2-1-3-6-10/h1-3,5-6,11H,4,7-9H2,(H,17,18). The van der Waals surface area contributed by atoms with E-state index in [1.165, 1.54) is 4.90 Å². The molecule has 0 spiro atoms. The highest BCUT2D eigenvalue weighted by molar-refractivity contribution is 6.35. The average molecular weight is 277 g/mol. The van der Waals surface area contributed by atoms with Crippen LogP contribution in [-0.4, -0.2) is 40.4 Å². The van der Waals surface area contributed by atoms with Crippen LogP contribution in [0.5, 0.6) is 0 Å². The summed E-state index contributed by atoms with van der Waals surface area (Å²) in [5.41, 5.74) is 0.834. The molecule has 1 amide bonds. The Labute approximate surface area is 115 Å². The Kier molecular flexibility index (Phi) is 4.34. The van der Waals surface area contributed by atoms with E-state index in [9.17, 15) is 14.4 Å². The van der Waals surface area contributed by atoms with Gasteiger partial charge >= 0.3 is 12.1 Å². The van der Waals surface area contributed by atoms with Gasteiger partial charge in [0.1, 0.15) is 12.6 Å². The maximum absolute atomic E-state index is 11.9. The van der Waals surface area contributed by atoms with Crippen molar-refractivity contribution in [3.05, 3.63) is 35.9 Å². The number of likely N-dealkylation sites (tertiary alicyclic amines) is 1. The fourth-order valence-corrected chi connectivity index (χ4v) is 2.20. The highest BCUT2D eigenvalue weighted by Gasteiger charge is 2.37. The molecule has 6 nitrogen and oxygen atoms in total. The van der Waals surface area contributed by atoms with E-state index in [0.717, 1.165) is 5.56 Å². The Balaban J connectivity index is 1.94. The number of benzene rings is 1. The molecule has 1 aliphatic heterocycles. The summed E-state index contributed by atoms with van der Waals surface area (Å²) < 4.78 is 5.11. The van der Waals surface area contributed by atoms with Gasteiger partial charge in [-0.15, -0.1) is 0 Å². The van der Waals surface area contributed by atoms with Crippen LogP contribution in [0.1, 0.15) is 18.4 Å². The molecule has 1 aliphatic rings. The summed E-state index contributed by atoms with van der Waals surface area (Å²) in [5.74, 6) is -2.48. The van der Waals surface area contributed by atoms with E-state index < -0.39 is 23.9 Å². The van der Waals surface area contributed by atoms with Crippen molar-refractivity contribution < 1.29 is 24.2 Å². The number of rotatable bonds is 4. The number of carbonyl (C=O) groups is 3. The minimum absolute atomic E-state index is 0.101. The number of nitrogens with zero attached hydrogens (tertiary/aromatic N) is 1. The van der Waals surface area contributed by atoms with Gasteiger partial charge < -0.3 is 9.84 Å². The number of Topliss-reactive ketones (excluding diaryl/α,β-unsaturated/α-hetero) is 1. The normalized spacial score (nSPS) is 17.8. The Morgan fingerprint density at radius 3 is 2.60 bits per heavy atom. The van der Waals surface area contributed by atoms with Gasteiger partial charge in [-0.05, 0) is 18.4 Å². The van der Waals surface area contributed by atoms with Gasteiger partial charge in [-0.2, -0.15) is 0 Å². The molecule has 6 heteroatoms. The topological polar surface area (TPSA) is 83.9 Å². The molecule has 0 aromatic heterocycles. The molecule has 1 unspecified atom stereocenters. The van der Waals surface area contributed by atoms with Crippen LogP contribution in [0.2, 0.25) is 0 Å². The second kappa shape index (κ2) is 6.18. The molecule has 0 bridgehead atoms. The molecule has 106 valence electrons.